The Hall–Kier alpha value is -2.09. The molecule has 0 aromatic heterocycles. The second-order valence-electron chi connectivity index (χ2n) is 4.67. The van der Waals surface area contributed by atoms with E-state index in [2.05, 4.69) is 9.39 Å². The highest BCUT2D eigenvalue weighted by Crippen LogP contribution is 2.16. The Morgan fingerprint density at radius 1 is 1.38 bits per heavy atom. The average Bonchev–Trinajstić information content (AvgIpc) is 2.37. The third kappa shape index (κ3) is 3.72. The molecular weight excluding hydrogens is 292 g/mol. The topological polar surface area (TPSA) is 97.3 Å². The van der Waals surface area contributed by atoms with Crippen molar-refractivity contribution in [2.45, 2.75) is 26.7 Å². The summed E-state index contributed by atoms with van der Waals surface area (Å²) in [7, 11) is -3.88. The first-order chi connectivity index (χ1) is 9.92. The molecule has 2 N–H and O–H groups in total. The Balaban J connectivity index is 2.22. The van der Waals surface area contributed by atoms with Gasteiger partial charge in [0.25, 0.3) is 0 Å². The number of hydrogen-bond donors (Lipinski definition) is 1. The number of aryl methyl sites for hydroxylation is 1. The summed E-state index contributed by atoms with van der Waals surface area (Å²) in [5.74, 6) is 0.337. The van der Waals surface area contributed by atoms with E-state index in [1.165, 1.54) is 0 Å². The van der Waals surface area contributed by atoms with E-state index < -0.39 is 10.2 Å². The number of guanidine groups is 1. The van der Waals surface area contributed by atoms with Crippen LogP contribution in [-0.2, 0) is 10.2 Å². The van der Waals surface area contributed by atoms with Gasteiger partial charge in [0.1, 0.15) is 5.75 Å². The summed E-state index contributed by atoms with van der Waals surface area (Å²) in [5, 5.41) is 0. The van der Waals surface area contributed by atoms with E-state index in [9.17, 15) is 8.42 Å². The lowest BCUT2D eigenvalue weighted by molar-refractivity contribution is 0.493. The van der Waals surface area contributed by atoms with Gasteiger partial charge in [-0.05, 0) is 31.0 Å². The third-order valence-corrected chi connectivity index (χ3v) is 4.16. The van der Waals surface area contributed by atoms with Crippen LogP contribution in [0.5, 0.6) is 5.75 Å². The van der Waals surface area contributed by atoms with Crippen LogP contribution >= 0.6 is 0 Å². The maximum absolute atomic E-state index is 12.1. The summed E-state index contributed by atoms with van der Waals surface area (Å²) in [6, 6.07) is 6.87. The fraction of sp³-hybridized carbons (Fsp3) is 0.385. The van der Waals surface area contributed by atoms with Crippen LogP contribution < -0.4 is 10.5 Å². The zero-order valence-corrected chi connectivity index (χ0v) is 12.8. The minimum atomic E-state index is -3.88. The van der Waals surface area contributed by atoms with Gasteiger partial charge in [0.05, 0.1) is 0 Å². The van der Waals surface area contributed by atoms with Crippen LogP contribution in [0, 0.1) is 6.92 Å². The number of aliphatic imine (C=N–C) groups is 1. The molecule has 8 heteroatoms. The van der Waals surface area contributed by atoms with Crippen molar-refractivity contribution in [2.24, 2.45) is 15.1 Å². The van der Waals surface area contributed by atoms with Gasteiger partial charge in [0.15, 0.2) is 0 Å². The van der Waals surface area contributed by atoms with Gasteiger partial charge in [0.2, 0.25) is 5.96 Å². The normalized spacial score (nSPS) is 17.1. The van der Waals surface area contributed by atoms with Crippen molar-refractivity contribution in [3.63, 3.8) is 0 Å². The summed E-state index contributed by atoms with van der Waals surface area (Å²) < 4.78 is 34.0. The molecule has 1 aliphatic heterocycles. The van der Waals surface area contributed by atoms with E-state index in [0.29, 0.717) is 12.2 Å². The molecule has 1 heterocycles. The molecule has 0 spiro atoms. The molecule has 1 aromatic carbocycles. The molecule has 0 atom stereocenters. The molecule has 1 aliphatic rings. The van der Waals surface area contributed by atoms with Crippen LogP contribution in [0.3, 0.4) is 0 Å². The van der Waals surface area contributed by atoms with Crippen molar-refractivity contribution < 1.29 is 13.2 Å². The Morgan fingerprint density at radius 3 is 2.76 bits per heavy atom. The van der Waals surface area contributed by atoms with E-state index in [4.69, 9.17) is 10.5 Å². The first-order valence-corrected chi connectivity index (χ1v) is 8.03. The minimum absolute atomic E-state index is 0.124. The molecule has 21 heavy (non-hydrogen) atoms. The maximum Gasteiger partial charge on any atom is 0.351 e. The largest absolute Gasteiger partial charge is 0.424 e. The lowest BCUT2D eigenvalue weighted by Crippen LogP contribution is -2.45. The first kappa shape index (κ1) is 15.3. The average molecular weight is 310 g/mol. The molecule has 0 bridgehead atoms. The van der Waals surface area contributed by atoms with Crippen molar-refractivity contribution in [1.82, 2.24) is 4.31 Å². The van der Waals surface area contributed by atoms with Crippen LogP contribution in [-0.4, -0.2) is 31.2 Å². The summed E-state index contributed by atoms with van der Waals surface area (Å²) in [6.07, 6.45) is 1.52. The molecule has 0 aliphatic carbocycles. The van der Waals surface area contributed by atoms with Crippen molar-refractivity contribution in [3.05, 3.63) is 29.8 Å². The summed E-state index contributed by atoms with van der Waals surface area (Å²) in [4.78, 5) is 3.91. The van der Waals surface area contributed by atoms with Crippen molar-refractivity contribution in [1.29, 1.82) is 0 Å². The van der Waals surface area contributed by atoms with Crippen molar-refractivity contribution in [2.75, 3.05) is 6.54 Å². The number of ether oxygens (including phenoxy) is 1. The molecule has 7 nitrogen and oxygen atoms in total. The van der Waals surface area contributed by atoms with E-state index in [0.717, 1.165) is 16.3 Å². The fourth-order valence-corrected chi connectivity index (χ4v) is 2.81. The standard InChI is InChI=1S/C13H18N4O3S/c1-3-4-8-17-12(14)15-13(16-21(17,18)19)20-11-7-5-6-10(2)9-11/h5-7,9H,3-4,8H2,1-2H3,(H2,14,15,16). The van der Waals surface area contributed by atoms with Gasteiger partial charge in [-0.25, -0.2) is 4.31 Å². The summed E-state index contributed by atoms with van der Waals surface area (Å²) >= 11 is 0. The predicted octanol–water partition coefficient (Wildman–Crippen LogP) is 1.41. The van der Waals surface area contributed by atoms with Gasteiger partial charge < -0.3 is 10.5 Å². The van der Waals surface area contributed by atoms with Gasteiger partial charge in [-0.1, -0.05) is 29.9 Å². The van der Waals surface area contributed by atoms with Crippen LogP contribution in [0.15, 0.2) is 33.7 Å². The number of amidine groups is 1. The second-order valence-corrected chi connectivity index (χ2v) is 6.18. The molecule has 0 unspecified atom stereocenters. The number of nitrogens with zero attached hydrogens (tertiary/aromatic N) is 3. The molecule has 0 saturated heterocycles. The van der Waals surface area contributed by atoms with Crippen molar-refractivity contribution >= 4 is 22.2 Å². The smallest absolute Gasteiger partial charge is 0.351 e. The Morgan fingerprint density at radius 2 is 2.14 bits per heavy atom. The van der Waals surface area contributed by atoms with E-state index in [-0.39, 0.29) is 18.5 Å². The van der Waals surface area contributed by atoms with Gasteiger partial charge >= 0.3 is 16.2 Å². The van der Waals surface area contributed by atoms with Crippen LogP contribution in [0.1, 0.15) is 25.3 Å². The van der Waals surface area contributed by atoms with Crippen LogP contribution in [0.4, 0.5) is 0 Å². The second kappa shape index (κ2) is 6.13. The van der Waals surface area contributed by atoms with E-state index in [1.54, 1.807) is 18.2 Å². The number of rotatable bonds is 4. The van der Waals surface area contributed by atoms with Crippen molar-refractivity contribution in [3.8, 4) is 5.75 Å². The molecule has 2 rings (SSSR count). The first-order valence-electron chi connectivity index (χ1n) is 6.63. The van der Waals surface area contributed by atoms with Gasteiger partial charge in [-0.2, -0.15) is 13.4 Å². The Kier molecular flexibility index (Phi) is 4.46. The minimum Gasteiger partial charge on any atom is -0.424 e. The van der Waals surface area contributed by atoms with Gasteiger partial charge in [-0.15, -0.1) is 0 Å². The zero-order valence-electron chi connectivity index (χ0n) is 12.0. The highest BCUT2D eigenvalue weighted by molar-refractivity contribution is 7.88. The monoisotopic (exact) mass is 310 g/mol. The molecular formula is C13H18N4O3S. The number of hydrogen-bond acceptors (Lipinski definition) is 5. The molecule has 0 radical (unpaired) electrons. The Bertz CT molecular complexity index is 682. The lowest BCUT2D eigenvalue weighted by Gasteiger charge is -2.23. The number of benzene rings is 1. The number of unbranched alkanes of at least 4 members (excludes halogenated alkanes) is 1. The van der Waals surface area contributed by atoms with Gasteiger partial charge in [-0.3, -0.25) is 0 Å². The highest BCUT2D eigenvalue weighted by Gasteiger charge is 2.29. The molecule has 0 amide bonds. The van der Waals surface area contributed by atoms with E-state index in [1.807, 2.05) is 19.9 Å². The predicted molar refractivity (Wildman–Crippen MR) is 81.4 cm³/mol. The van der Waals surface area contributed by atoms with Crippen LogP contribution in [0.25, 0.3) is 0 Å². The lowest BCUT2D eigenvalue weighted by atomic mass is 10.2. The highest BCUT2D eigenvalue weighted by atomic mass is 32.2. The SMILES string of the molecule is CCCCN1C(N)=NC(Oc2cccc(C)c2)=NS1(=O)=O. The number of nitrogens with two attached hydrogens (primary N) is 1. The van der Waals surface area contributed by atoms with E-state index >= 15 is 0 Å². The molecule has 0 fully saturated rings. The Labute approximate surface area is 124 Å². The van der Waals surface area contributed by atoms with Crippen LogP contribution in [0.2, 0.25) is 0 Å². The summed E-state index contributed by atoms with van der Waals surface area (Å²) in [6.45, 7) is 4.12. The zero-order chi connectivity index (χ0) is 15.5. The fourth-order valence-electron chi connectivity index (χ4n) is 1.80. The molecule has 114 valence electrons. The molecule has 0 saturated carbocycles. The summed E-state index contributed by atoms with van der Waals surface area (Å²) in [5.41, 5.74) is 6.69. The quantitative estimate of drug-likeness (QED) is 0.909. The molecule has 1 aromatic rings. The maximum atomic E-state index is 12.1. The van der Waals surface area contributed by atoms with Gasteiger partial charge in [0, 0.05) is 6.54 Å². The third-order valence-electron chi connectivity index (χ3n) is 2.85.